The van der Waals surface area contributed by atoms with Crippen LogP contribution in [0.2, 0.25) is 5.02 Å². The number of amides is 1. The normalized spacial score (nSPS) is 21.7. The van der Waals surface area contributed by atoms with E-state index in [-0.39, 0.29) is 63.9 Å². The molecule has 3 saturated heterocycles. The maximum atomic E-state index is 18.0. The number of hydrogen-bond donors (Lipinski definition) is 0. The zero-order valence-corrected chi connectivity index (χ0v) is 41.0. The first-order chi connectivity index (χ1) is 32.8. The van der Waals surface area contributed by atoms with E-state index in [0.29, 0.717) is 43.1 Å². The van der Waals surface area contributed by atoms with Crippen LogP contribution in [0.1, 0.15) is 88.0 Å². The average molecular weight is 975 g/mol. The smallest absolute Gasteiger partial charge is 0.418 e. The van der Waals surface area contributed by atoms with Crippen LogP contribution in [0.25, 0.3) is 22.2 Å². The average Bonchev–Trinajstić information content (AvgIpc) is 3.86. The van der Waals surface area contributed by atoms with E-state index in [9.17, 15) is 4.79 Å². The molecule has 1 aliphatic carbocycles. The lowest BCUT2D eigenvalue weighted by atomic mass is 9.76. The second-order valence-electron chi connectivity index (χ2n) is 20.2. The SMILES string of the molecule is COc1ccc(CN(Cc2ccc(OC)cc2)c2cc(C)c(C(F)(F)F)c(-c3c(Cl)cc4c(N5CC6CCC(C5)N6C(=O)OC(C)(C)C)nc(OC[C@]56CCC[C@H]5N(C)CCC6)nc4c3F)n2)cc1. The lowest BCUT2D eigenvalue weighted by molar-refractivity contribution is -0.137. The molecule has 17 heteroatoms. The minimum Gasteiger partial charge on any atom is -0.497 e. The van der Waals surface area contributed by atoms with Gasteiger partial charge in [-0.15, -0.1) is 0 Å². The van der Waals surface area contributed by atoms with Gasteiger partial charge in [-0.3, -0.25) is 4.90 Å². The quantitative estimate of drug-likeness (QED) is 0.112. The molecule has 0 N–H and O–H groups in total. The summed E-state index contributed by atoms with van der Waals surface area (Å²) < 4.78 is 87.4. The van der Waals surface area contributed by atoms with E-state index >= 15 is 17.6 Å². The lowest BCUT2D eigenvalue weighted by Gasteiger charge is -2.44. The van der Waals surface area contributed by atoms with Crippen molar-refractivity contribution in [3.05, 3.63) is 93.8 Å². The number of aromatic nitrogens is 3. The number of benzene rings is 3. The van der Waals surface area contributed by atoms with Gasteiger partial charge in [0.1, 0.15) is 34.3 Å². The van der Waals surface area contributed by atoms with Crippen molar-refractivity contribution in [2.75, 3.05) is 57.3 Å². The number of alkyl halides is 3. The van der Waals surface area contributed by atoms with Crippen LogP contribution >= 0.6 is 11.6 Å². The molecule has 9 rings (SSSR count). The number of rotatable bonds is 12. The Bertz CT molecular complexity index is 2640. The van der Waals surface area contributed by atoms with E-state index < -0.39 is 40.5 Å². The molecule has 2 bridgehead atoms. The number of aryl methyl sites for hydroxylation is 1. The molecule has 5 aromatic rings. The highest BCUT2D eigenvalue weighted by Crippen LogP contribution is 2.49. The molecule has 4 atom stereocenters. The van der Waals surface area contributed by atoms with Crippen molar-refractivity contribution < 1.29 is 41.3 Å². The molecule has 0 spiro atoms. The van der Waals surface area contributed by atoms with Gasteiger partial charge in [0.15, 0.2) is 5.82 Å². The summed E-state index contributed by atoms with van der Waals surface area (Å²) in [5.41, 5.74) is -1.91. The zero-order valence-electron chi connectivity index (χ0n) is 40.3. The van der Waals surface area contributed by atoms with E-state index in [1.165, 1.54) is 19.1 Å². The minimum atomic E-state index is -4.95. The minimum absolute atomic E-state index is 0.0843. The van der Waals surface area contributed by atoms with Gasteiger partial charge in [-0.05, 0) is 133 Å². The highest BCUT2D eigenvalue weighted by molar-refractivity contribution is 6.34. The number of piperidine rings is 1. The van der Waals surface area contributed by atoms with Crippen LogP contribution in [0.5, 0.6) is 17.5 Å². The molecular weight excluding hydrogens is 914 g/mol. The number of ether oxygens (including phenoxy) is 4. The van der Waals surface area contributed by atoms with Crippen molar-refractivity contribution in [3.63, 3.8) is 0 Å². The van der Waals surface area contributed by atoms with E-state index in [4.69, 9.17) is 40.5 Å². The predicted octanol–water partition coefficient (Wildman–Crippen LogP) is 11.3. The Morgan fingerprint density at radius 2 is 1.48 bits per heavy atom. The Balaban J connectivity index is 1.17. The Hall–Kier alpha value is -5.61. The first-order valence-electron chi connectivity index (χ1n) is 23.7. The molecule has 12 nitrogen and oxygen atoms in total. The van der Waals surface area contributed by atoms with Gasteiger partial charge in [0, 0.05) is 43.0 Å². The topological polar surface area (TPSA) is 106 Å². The van der Waals surface area contributed by atoms with Gasteiger partial charge in [0.2, 0.25) is 0 Å². The second kappa shape index (κ2) is 19.0. The van der Waals surface area contributed by atoms with E-state index in [1.807, 2.05) is 54.8 Å². The molecule has 3 aromatic carbocycles. The first kappa shape index (κ1) is 48.4. The Kier molecular flexibility index (Phi) is 13.3. The number of hydrogen-bond acceptors (Lipinski definition) is 11. The molecule has 2 aromatic heterocycles. The monoisotopic (exact) mass is 973 g/mol. The van der Waals surface area contributed by atoms with Crippen LogP contribution in [0.3, 0.4) is 0 Å². The number of piperazine rings is 1. The Morgan fingerprint density at radius 3 is 2.06 bits per heavy atom. The zero-order chi connectivity index (χ0) is 49.0. The highest BCUT2D eigenvalue weighted by atomic mass is 35.5. The third-order valence-corrected chi connectivity index (χ3v) is 14.7. The molecule has 4 aliphatic rings. The summed E-state index contributed by atoms with van der Waals surface area (Å²) in [6.07, 6.45) is 1.11. The molecule has 1 amide bonds. The molecule has 4 fully saturated rings. The van der Waals surface area contributed by atoms with Crippen LogP contribution in [0.15, 0.2) is 60.7 Å². The summed E-state index contributed by atoms with van der Waals surface area (Å²) in [4.78, 5) is 35.8. The highest BCUT2D eigenvalue weighted by Gasteiger charge is 2.48. The number of carbonyl (C=O) groups is 1. The van der Waals surface area contributed by atoms with Crippen LogP contribution in [0, 0.1) is 18.2 Å². The third-order valence-electron chi connectivity index (χ3n) is 14.4. The van der Waals surface area contributed by atoms with E-state index in [2.05, 4.69) is 16.9 Å². The van der Waals surface area contributed by atoms with Gasteiger partial charge in [0.05, 0.1) is 54.8 Å². The fourth-order valence-corrected chi connectivity index (χ4v) is 11.5. The molecule has 69 heavy (non-hydrogen) atoms. The fourth-order valence-electron chi connectivity index (χ4n) is 11.2. The largest absolute Gasteiger partial charge is 0.497 e. The second-order valence-corrected chi connectivity index (χ2v) is 20.6. The van der Waals surface area contributed by atoms with Gasteiger partial charge < -0.3 is 33.6 Å². The number of carbonyl (C=O) groups excluding carboxylic acids is 1. The summed E-state index contributed by atoms with van der Waals surface area (Å²) in [6.45, 7) is 9.28. The lowest BCUT2D eigenvalue weighted by Crippen LogP contribution is -2.57. The van der Waals surface area contributed by atoms with Crippen LogP contribution in [-0.4, -0.2) is 102 Å². The molecule has 1 saturated carbocycles. The van der Waals surface area contributed by atoms with Crippen molar-refractivity contribution in [1.82, 2.24) is 24.8 Å². The van der Waals surface area contributed by atoms with E-state index in [1.54, 1.807) is 43.4 Å². The molecular formula is C52H60ClF4N7O5. The molecule has 368 valence electrons. The summed E-state index contributed by atoms with van der Waals surface area (Å²) in [5, 5.41) is -0.0895. The molecule has 2 unspecified atom stereocenters. The van der Waals surface area contributed by atoms with Crippen LogP contribution in [-0.2, 0) is 24.0 Å². The van der Waals surface area contributed by atoms with Crippen molar-refractivity contribution in [2.24, 2.45) is 5.41 Å². The fraction of sp³-hybridized carbons (Fsp3) is 0.500. The number of pyridine rings is 1. The number of anilines is 2. The van der Waals surface area contributed by atoms with Gasteiger partial charge in [-0.25, -0.2) is 14.2 Å². The van der Waals surface area contributed by atoms with Crippen LogP contribution < -0.4 is 24.0 Å². The number of fused-ring (bicyclic) bond motifs is 4. The van der Waals surface area contributed by atoms with Crippen molar-refractivity contribution in [1.29, 1.82) is 0 Å². The van der Waals surface area contributed by atoms with Gasteiger partial charge in [0.25, 0.3) is 0 Å². The maximum absolute atomic E-state index is 18.0. The molecule has 5 heterocycles. The van der Waals surface area contributed by atoms with E-state index in [0.717, 1.165) is 62.6 Å². The Morgan fingerprint density at radius 1 is 0.870 bits per heavy atom. The summed E-state index contributed by atoms with van der Waals surface area (Å²) >= 11 is 7.08. The summed E-state index contributed by atoms with van der Waals surface area (Å²) in [7, 11) is 5.27. The molecule has 0 radical (unpaired) electrons. The Labute approximate surface area is 405 Å². The predicted molar refractivity (Wildman–Crippen MR) is 258 cm³/mol. The standard InChI is InChI=1S/C52H60ClF4N7O5/c1-31-24-41(62(26-32-11-17-36(66-6)18-12-32)27-33-13-19-37(67-7)20-14-33)58-46(43(31)52(55,56)57)42-39(53)25-38-45(44(42)54)59-48(68-30-51-21-8-10-40(51)61(5)23-9-22-51)60-47(38)63-28-34-15-16-35(29-63)64(34)49(65)69-50(2,3)4/h11-14,17-20,24-25,34-35,40H,8-10,15-16,21-23,26-30H2,1-7H3/t34?,35?,40-,51-/m1/s1. The number of nitrogens with zero attached hydrogens (tertiary/aromatic N) is 7. The van der Waals surface area contributed by atoms with Gasteiger partial charge in [-0.1, -0.05) is 42.3 Å². The maximum Gasteiger partial charge on any atom is 0.418 e. The van der Waals surface area contributed by atoms with Crippen molar-refractivity contribution in [2.45, 2.75) is 116 Å². The van der Waals surface area contributed by atoms with Gasteiger partial charge >= 0.3 is 18.3 Å². The first-order valence-corrected chi connectivity index (χ1v) is 24.1. The number of likely N-dealkylation sites (tertiary alicyclic amines) is 1. The summed E-state index contributed by atoms with van der Waals surface area (Å²) in [6, 6.07) is 17.3. The number of halogens is 5. The van der Waals surface area contributed by atoms with Crippen molar-refractivity contribution >= 4 is 40.2 Å². The number of methoxy groups -OCH3 is 2. The summed E-state index contributed by atoms with van der Waals surface area (Å²) in [5.74, 6) is 0.706. The molecule has 3 aliphatic heterocycles. The van der Waals surface area contributed by atoms with Crippen LogP contribution in [0.4, 0.5) is 34.0 Å². The third kappa shape index (κ3) is 9.80. The van der Waals surface area contributed by atoms with Gasteiger partial charge in [-0.2, -0.15) is 23.1 Å². The van der Waals surface area contributed by atoms with Crippen molar-refractivity contribution in [3.8, 4) is 28.8 Å².